The van der Waals surface area contributed by atoms with Gasteiger partial charge in [0, 0.05) is 26.3 Å². The van der Waals surface area contributed by atoms with Crippen LogP contribution >= 0.6 is 0 Å². The summed E-state index contributed by atoms with van der Waals surface area (Å²) >= 11 is 0. The molecular formula is C9H12N3. The summed E-state index contributed by atoms with van der Waals surface area (Å²) in [5.74, 6) is 1.01. The van der Waals surface area contributed by atoms with Crippen LogP contribution in [0.25, 0.3) is 0 Å². The fraction of sp³-hybridized carbons (Fsp3) is 0.444. The Bertz CT molecular complexity index is 272. The van der Waals surface area contributed by atoms with Crippen molar-refractivity contribution in [3.8, 4) is 0 Å². The van der Waals surface area contributed by atoms with Gasteiger partial charge in [-0.15, -0.1) is 0 Å². The Morgan fingerprint density at radius 3 is 3.33 bits per heavy atom. The molecule has 2 rings (SSSR count). The molecule has 0 saturated heterocycles. The van der Waals surface area contributed by atoms with E-state index in [4.69, 9.17) is 0 Å². The van der Waals surface area contributed by atoms with Gasteiger partial charge < -0.3 is 4.90 Å². The Labute approximate surface area is 72.4 Å². The second kappa shape index (κ2) is 3.01. The summed E-state index contributed by atoms with van der Waals surface area (Å²) < 4.78 is 0. The van der Waals surface area contributed by atoms with Crippen LogP contribution in [0.1, 0.15) is 6.42 Å². The van der Waals surface area contributed by atoms with E-state index in [1.54, 1.807) is 0 Å². The number of hydrogen-bond donors (Lipinski definition) is 0. The molecule has 0 spiro atoms. The number of pyridine rings is 1. The highest BCUT2D eigenvalue weighted by Crippen LogP contribution is 2.23. The zero-order valence-corrected chi connectivity index (χ0v) is 7.20. The predicted molar refractivity (Wildman–Crippen MR) is 48.8 cm³/mol. The lowest BCUT2D eigenvalue weighted by molar-refractivity contribution is 0.761. The van der Waals surface area contributed by atoms with Crippen LogP contribution in [0.2, 0.25) is 0 Å². The van der Waals surface area contributed by atoms with Crippen LogP contribution in [0.5, 0.6) is 0 Å². The summed E-state index contributed by atoms with van der Waals surface area (Å²) in [7, 11) is 2.06. The summed E-state index contributed by atoms with van der Waals surface area (Å²) in [5, 5.41) is 4.43. The lowest BCUT2D eigenvalue weighted by atomic mass is 10.4. The number of rotatable bonds is 0. The summed E-state index contributed by atoms with van der Waals surface area (Å²) in [6, 6.07) is 3.95. The van der Waals surface area contributed by atoms with E-state index in [0.29, 0.717) is 0 Å². The molecule has 1 aromatic rings. The van der Waals surface area contributed by atoms with Gasteiger partial charge in [0.1, 0.15) is 0 Å². The lowest BCUT2D eigenvalue weighted by Crippen LogP contribution is -2.18. The van der Waals surface area contributed by atoms with Crippen molar-refractivity contribution in [3.63, 3.8) is 0 Å². The van der Waals surface area contributed by atoms with Crippen LogP contribution in [-0.4, -0.2) is 25.1 Å². The van der Waals surface area contributed by atoms with Crippen LogP contribution in [0.15, 0.2) is 18.3 Å². The van der Waals surface area contributed by atoms with E-state index in [9.17, 15) is 0 Å². The van der Waals surface area contributed by atoms with E-state index in [2.05, 4.69) is 22.2 Å². The maximum atomic E-state index is 4.43. The maximum absolute atomic E-state index is 4.43. The van der Waals surface area contributed by atoms with Crippen molar-refractivity contribution < 1.29 is 0 Å². The van der Waals surface area contributed by atoms with Crippen molar-refractivity contribution in [1.82, 2.24) is 10.3 Å². The van der Waals surface area contributed by atoms with Crippen molar-refractivity contribution in [2.24, 2.45) is 0 Å². The molecule has 0 fully saturated rings. The van der Waals surface area contributed by atoms with Crippen LogP contribution in [0.4, 0.5) is 11.5 Å². The normalized spacial score (nSPS) is 16.2. The van der Waals surface area contributed by atoms with Crippen LogP contribution in [-0.2, 0) is 0 Å². The van der Waals surface area contributed by atoms with Gasteiger partial charge in [-0.05, 0) is 18.6 Å². The molecule has 0 aliphatic carbocycles. The fourth-order valence-corrected chi connectivity index (χ4v) is 1.42. The minimum Gasteiger partial charge on any atom is -0.358 e. The van der Waals surface area contributed by atoms with Gasteiger partial charge >= 0.3 is 0 Å². The Hall–Kier alpha value is -1.25. The molecule has 1 aromatic heterocycles. The lowest BCUT2D eigenvalue weighted by Gasteiger charge is -2.15. The van der Waals surface area contributed by atoms with Crippen molar-refractivity contribution in [3.05, 3.63) is 18.3 Å². The SMILES string of the molecule is CN1CCC[N]c2cccnc21. The first-order valence-electron chi connectivity index (χ1n) is 4.21. The topological polar surface area (TPSA) is 30.2 Å². The molecule has 0 amide bonds. The number of nitrogens with zero attached hydrogens (tertiary/aromatic N) is 3. The fourth-order valence-electron chi connectivity index (χ4n) is 1.42. The quantitative estimate of drug-likeness (QED) is 0.573. The van der Waals surface area contributed by atoms with Crippen molar-refractivity contribution >= 4 is 11.5 Å². The average Bonchev–Trinajstić information content (AvgIpc) is 2.29. The third-order valence-corrected chi connectivity index (χ3v) is 2.06. The number of anilines is 1. The van der Waals surface area contributed by atoms with Gasteiger partial charge in [-0.1, -0.05) is 0 Å². The molecule has 0 bridgehead atoms. The highest BCUT2D eigenvalue weighted by Gasteiger charge is 2.12. The Balaban J connectivity index is 2.39. The zero-order valence-electron chi connectivity index (χ0n) is 7.20. The largest absolute Gasteiger partial charge is 0.358 e. The number of fused-ring (bicyclic) bond motifs is 1. The second-order valence-electron chi connectivity index (χ2n) is 3.00. The number of aromatic nitrogens is 1. The molecule has 1 aliphatic heterocycles. The summed E-state index contributed by atoms with van der Waals surface area (Å²) in [4.78, 5) is 6.45. The zero-order chi connectivity index (χ0) is 8.39. The molecule has 3 heteroatoms. The van der Waals surface area contributed by atoms with Gasteiger partial charge in [-0.2, -0.15) is 0 Å². The van der Waals surface area contributed by atoms with Crippen LogP contribution in [0.3, 0.4) is 0 Å². The minimum absolute atomic E-state index is 0.920. The molecule has 2 heterocycles. The molecular weight excluding hydrogens is 150 g/mol. The maximum Gasteiger partial charge on any atom is 0.153 e. The van der Waals surface area contributed by atoms with E-state index >= 15 is 0 Å². The van der Waals surface area contributed by atoms with Crippen LogP contribution in [0, 0.1) is 0 Å². The highest BCUT2D eigenvalue weighted by atomic mass is 15.2. The Kier molecular flexibility index (Phi) is 1.86. The van der Waals surface area contributed by atoms with Crippen molar-refractivity contribution in [2.75, 3.05) is 25.0 Å². The third kappa shape index (κ3) is 1.22. The van der Waals surface area contributed by atoms with E-state index < -0.39 is 0 Å². The van der Waals surface area contributed by atoms with E-state index in [1.165, 1.54) is 0 Å². The van der Waals surface area contributed by atoms with Crippen molar-refractivity contribution in [1.29, 1.82) is 0 Å². The number of hydrogen-bond acceptors (Lipinski definition) is 2. The molecule has 63 valence electrons. The van der Waals surface area contributed by atoms with Gasteiger partial charge in [0.15, 0.2) is 5.82 Å². The van der Waals surface area contributed by atoms with Crippen LogP contribution < -0.4 is 10.2 Å². The van der Waals surface area contributed by atoms with Gasteiger partial charge in [-0.25, -0.2) is 4.98 Å². The smallest absolute Gasteiger partial charge is 0.153 e. The minimum atomic E-state index is 0.920. The Morgan fingerprint density at radius 2 is 2.42 bits per heavy atom. The highest BCUT2D eigenvalue weighted by molar-refractivity contribution is 5.60. The van der Waals surface area contributed by atoms with Gasteiger partial charge in [0.25, 0.3) is 0 Å². The Morgan fingerprint density at radius 1 is 1.50 bits per heavy atom. The molecule has 0 N–H and O–H groups in total. The van der Waals surface area contributed by atoms with E-state index in [1.807, 2.05) is 18.3 Å². The van der Waals surface area contributed by atoms with E-state index in [0.717, 1.165) is 31.0 Å². The second-order valence-corrected chi connectivity index (χ2v) is 3.00. The molecule has 1 aliphatic rings. The van der Waals surface area contributed by atoms with Gasteiger partial charge in [-0.3, -0.25) is 5.32 Å². The standard InChI is InChI=1S/C9H12N3/c1-12-7-3-6-10-8-4-2-5-11-9(8)12/h2,4-5H,3,6-7H2,1H3. The van der Waals surface area contributed by atoms with Gasteiger partial charge in [0.2, 0.25) is 0 Å². The predicted octanol–water partition coefficient (Wildman–Crippen LogP) is 1.16. The first-order chi connectivity index (χ1) is 5.88. The summed E-state index contributed by atoms with van der Waals surface area (Å²) in [6.45, 7) is 1.97. The molecule has 0 saturated carbocycles. The molecule has 12 heavy (non-hydrogen) atoms. The molecule has 0 aromatic carbocycles. The van der Waals surface area contributed by atoms with E-state index in [-0.39, 0.29) is 0 Å². The van der Waals surface area contributed by atoms with Gasteiger partial charge in [0.05, 0.1) is 5.69 Å². The summed E-state index contributed by atoms with van der Waals surface area (Å²) in [5.41, 5.74) is 1.03. The summed E-state index contributed by atoms with van der Waals surface area (Å²) in [6.07, 6.45) is 2.93. The first-order valence-corrected chi connectivity index (χ1v) is 4.21. The molecule has 1 radical (unpaired) electrons. The first kappa shape index (κ1) is 7.40. The van der Waals surface area contributed by atoms with Crippen molar-refractivity contribution in [2.45, 2.75) is 6.42 Å². The third-order valence-electron chi connectivity index (χ3n) is 2.06. The molecule has 3 nitrogen and oxygen atoms in total. The molecule has 0 unspecified atom stereocenters. The monoisotopic (exact) mass is 162 g/mol. The average molecular weight is 162 g/mol. The molecule has 0 atom stereocenters.